The van der Waals surface area contributed by atoms with Crippen LogP contribution in [0.5, 0.6) is 0 Å². The summed E-state index contributed by atoms with van der Waals surface area (Å²) in [6.07, 6.45) is 0. The van der Waals surface area contributed by atoms with Gasteiger partial charge in [-0.2, -0.15) is 0 Å². The minimum absolute atomic E-state index is 0.765. The van der Waals surface area contributed by atoms with E-state index in [2.05, 4.69) is 15.9 Å². The Morgan fingerprint density at radius 1 is 0.917 bits per heavy atom. The van der Waals surface area contributed by atoms with Gasteiger partial charge in [0.05, 0.1) is 0 Å². The van der Waals surface area contributed by atoms with Gasteiger partial charge in [-0.1, -0.05) is 30.3 Å². The van der Waals surface area contributed by atoms with E-state index in [9.17, 15) is 0 Å². The molecule has 0 atom stereocenters. The molecule has 0 N–H and O–H groups in total. The van der Waals surface area contributed by atoms with Gasteiger partial charge in [0.15, 0.2) is 4.67 Å². The van der Waals surface area contributed by atoms with Crippen molar-refractivity contribution in [1.82, 2.24) is 0 Å². The molecule has 12 heavy (non-hydrogen) atoms. The van der Waals surface area contributed by atoms with Crippen molar-refractivity contribution >= 4 is 15.9 Å². The zero-order chi connectivity index (χ0) is 8.39. The van der Waals surface area contributed by atoms with Gasteiger partial charge in [0.25, 0.3) is 0 Å². The van der Waals surface area contributed by atoms with Gasteiger partial charge in [0.1, 0.15) is 5.76 Å². The molecule has 0 aliphatic rings. The molecule has 0 fully saturated rings. The molecule has 1 nitrogen and oxygen atoms in total. The number of rotatable bonds is 1. The molecule has 2 heteroatoms. The third-order valence-corrected chi connectivity index (χ3v) is 2.06. The second kappa shape index (κ2) is 3.15. The molecule has 0 unspecified atom stereocenters. The van der Waals surface area contributed by atoms with Crippen LogP contribution in [0.15, 0.2) is 51.6 Å². The monoisotopic (exact) mass is 222 g/mol. The molecule has 1 heterocycles. The van der Waals surface area contributed by atoms with E-state index in [4.69, 9.17) is 4.42 Å². The largest absolute Gasteiger partial charge is 0.449 e. The first-order valence-corrected chi connectivity index (χ1v) is 4.46. The molecule has 0 saturated carbocycles. The van der Waals surface area contributed by atoms with Crippen LogP contribution in [0.2, 0.25) is 0 Å². The van der Waals surface area contributed by atoms with E-state index in [0.29, 0.717) is 0 Å². The van der Waals surface area contributed by atoms with E-state index in [1.54, 1.807) is 0 Å². The fraction of sp³-hybridized carbons (Fsp3) is 0. The van der Waals surface area contributed by atoms with Crippen LogP contribution < -0.4 is 0 Å². The van der Waals surface area contributed by atoms with Crippen LogP contribution in [-0.4, -0.2) is 0 Å². The van der Waals surface area contributed by atoms with Gasteiger partial charge in [-0.25, -0.2) is 0 Å². The van der Waals surface area contributed by atoms with Crippen LogP contribution >= 0.6 is 15.9 Å². The first-order chi connectivity index (χ1) is 5.86. The molecule has 1 aromatic heterocycles. The molecule has 0 radical (unpaired) electrons. The number of furan rings is 1. The maximum absolute atomic E-state index is 5.39. The smallest absolute Gasteiger partial charge is 0.169 e. The Balaban J connectivity index is 2.45. The Labute approximate surface area is 79.2 Å². The number of halogens is 1. The maximum atomic E-state index is 5.39. The van der Waals surface area contributed by atoms with Crippen LogP contribution in [0.1, 0.15) is 0 Å². The van der Waals surface area contributed by atoms with Gasteiger partial charge in [0, 0.05) is 5.56 Å². The lowest BCUT2D eigenvalue weighted by Gasteiger charge is -1.93. The predicted molar refractivity (Wildman–Crippen MR) is 51.8 cm³/mol. The van der Waals surface area contributed by atoms with Gasteiger partial charge < -0.3 is 4.42 Å². The highest BCUT2D eigenvalue weighted by molar-refractivity contribution is 9.10. The molecule has 1 aromatic carbocycles. The third-order valence-electron chi connectivity index (χ3n) is 1.63. The average Bonchev–Trinajstić information content (AvgIpc) is 2.54. The number of hydrogen-bond acceptors (Lipinski definition) is 1. The highest BCUT2D eigenvalue weighted by Crippen LogP contribution is 2.24. The summed E-state index contributed by atoms with van der Waals surface area (Å²) in [5.41, 5.74) is 1.10. The Kier molecular flexibility index (Phi) is 2.00. The molecular formula is C10H7BrO. The molecule has 0 aliphatic carbocycles. The molecule has 0 bridgehead atoms. The van der Waals surface area contributed by atoms with Gasteiger partial charge >= 0.3 is 0 Å². The summed E-state index contributed by atoms with van der Waals surface area (Å²) in [5, 5.41) is 0. The molecule has 0 aliphatic heterocycles. The van der Waals surface area contributed by atoms with Crippen LogP contribution in [0, 0.1) is 0 Å². The molecule has 0 saturated heterocycles. The lowest BCUT2D eigenvalue weighted by Crippen LogP contribution is -1.69. The quantitative estimate of drug-likeness (QED) is 0.718. The first kappa shape index (κ1) is 7.62. The molecule has 0 spiro atoms. The summed E-state index contributed by atoms with van der Waals surface area (Å²) in [4.78, 5) is 0. The van der Waals surface area contributed by atoms with E-state index in [0.717, 1.165) is 16.0 Å². The topological polar surface area (TPSA) is 13.1 Å². The second-order valence-corrected chi connectivity index (χ2v) is 3.25. The summed E-state index contributed by atoms with van der Waals surface area (Å²) in [5.74, 6) is 0.891. The lowest BCUT2D eigenvalue weighted by molar-refractivity contribution is 0.556. The number of hydrogen-bond donors (Lipinski definition) is 0. The number of benzene rings is 1. The van der Waals surface area contributed by atoms with Crippen molar-refractivity contribution in [2.24, 2.45) is 0 Å². The Morgan fingerprint density at radius 2 is 1.67 bits per heavy atom. The average molecular weight is 223 g/mol. The van der Waals surface area contributed by atoms with Crippen molar-refractivity contribution in [3.63, 3.8) is 0 Å². The normalized spacial score (nSPS) is 10.1. The fourth-order valence-corrected chi connectivity index (χ4v) is 1.38. The predicted octanol–water partition coefficient (Wildman–Crippen LogP) is 3.71. The maximum Gasteiger partial charge on any atom is 0.169 e. The van der Waals surface area contributed by atoms with Crippen molar-refractivity contribution in [2.75, 3.05) is 0 Å². The Morgan fingerprint density at radius 3 is 2.25 bits per heavy atom. The van der Waals surface area contributed by atoms with E-state index in [-0.39, 0.29) is 0 Å². The van der Waals surface area contributed by atoms with Gasteiger partial charge in [-0.3, -0.25) is 0 Å². The van der Waals surface area contributed by atoms with Crippen molar-refractivity contribution in [3.8, 4) is 11.3 Å². The van der Waals surface area contributed by atoms with E-state index >= 15 is 0 Å². The minimum Gasteiger partial charge on any atom is -0.449 e. The molecule has 2 aromatic rings. The standard InChI is InChI=1S/C10H7BrO/c11-10-7-6-9(12-10)8-4-2-1-3-5-8/h1-7H. The van der Waals surface area contributed by atoms with Crippen molar-refractivity contribution in [1.29, 1.82) is 0 Å². The van der Waals surface area contributed by atoms with Gasteiger partial charge in [-0.05, 0) is 28.1 Å². The molecule has 0 amide bonds. The van der Waals surface area contributed by atoms with Crippen LogP contribution in [0.25, 0.3) is 11.3 Å². The third kappa shape index (κ3) is 1.43. The SMILES string of the molecule is Brc1ccc(-c2ccccc2)o1. The van der Waals surface area contributed by atoms with Gasteiger partial charge in [-0.15, -0.1) is 0 Å². The van der Waals surface area contributed by atoms with Crippen LogP contribution in [0.3, 0.4) is 0 Å². The van der Waals surface area contributed by atoms with Crippen molar-refractivity contribution < 1.29 is 4.42 Å². The van der Waals surface area contributed by atoms with Crippen molar-refractivity contribution in [3.05, 3.63) is 47.1 Å². The van der Waals surface area contributed by atoms with Crippen LogP contribution in [0.4, 0.5) is 0 Å². The van der Waals surface area contributed by atoms with E-state index in [1.165, 1.54) is 0 Å². The Hall–Kier alpha value is -1.02. The van der Waals surface area contributed by atoms with Gasteiger partial charge in [0.2, 0.25) is 0 Å². The zero-order valence-corrected chi connectivity index (χ0v) is 7.91. The lowest BCUT2D eigenvalue weighted by atomic mass is 10.2. The molecule has 2 rings (SSSR count). The summed E-state index contributed by atoms with van der Waals surface area (Å²) in [6, 6.07) is 13.8. The first-order valence-electron chi connectivity index (χ1n) is 3.67. The molecular weight excluding hydrogens is 216 g/mol. The zero-order valence-electron chi connectivity index (χ0n) is 6.33. The summed E-state index contributed by atoms with van der Waals surface area (Å²) in [6.45, 7) is 0. The van der Waals surface area contributed by atoms with E-state index < -0.39 is 0 Å². The highest BCUT2D eigenvalue weighted by atomic mass is 79.9. The fourth-order valence-electron chi connectivity index (χ4n) is 1.07. The summed E-state index contributed by atoms with van der Waals surface area (Å²) < 4.78 is 6.15. The molecule has 60 valence electrons. The minimum atomic E-state index is 0.765. The van der Waals surface area contributed by atoms with E-state index in [1.807, 2.05) is 42.5 Å². The summed E-state index contributed by atoms with van der Waals surface area (Å²) in [7, 11) is 0. The second-order valence-electron chi connectivity index (χ2n) is 2.47. The highest BCUT2D eigenvalue weighted by Gasteiger charge is 2.00. The Bertz CT molecular complexity index is 364. The van der Waals surface area contributed by atoms with Crippen molar-refractivity contribution in [2.45, 2.75) is 0 Å². The van der Waals surface area contributed by atoms with Crippen LogP contribution in [-0.2, 0) is 0 Å². The summed E-state index contributed by atoms with van der Waals surface area (Å²) >= 11 is 3.26.